The second kappa shape index (κ2) is 7.24. The Hall–Kier alpha value is -1.42. The van der Waals surface area contributed by atoms with Crippen LogP contribution in [0.3, 0.4) is 0 Å². The van der Waals surface area contributed by atoms with Crippen LogP contribution in [0.1, 0.15) is 54.4 Å². The number of hydrogen-bond acceptors (Lipinski definition) is 1. The van der Waals surface area contributed by atoms with Gasteiger partial charge in [-0.3, -0.25) is 0 Å². The number of allylic oxidation sites excluding steroid dienone is 4. The van der Waals surface area contributed by atoms with Crippen LogP contribution in [-0.4, -0.2) is 0 Å². The van der Waals surface area contributed by atoms with E-state index in [-0.39, 0.29) is 10.8 Å². The third-order valence-corrected chi connectivity index (χ3v) is 3.24. The first-order valence-electron chi connectivity index (χ1n) is 6.83. The van der Waals surface area contributed by atoms with Crippen LogP contribution in [0, 0.1) is 23.2 Å². The molecule has 0 saturated heterocycles. The summed E-state index contributed by atoms with van der Waals surface area (Å²) in [6.07, 6.45) is 13.1. The lowest BCUT2D eigenvalue weighted by molar-refractivity contribution is 0.368. The second-order valence-electron chi connectivity index (χ2n) is 6.60. The zero-order valence-corrected chi connectivity index (χ0v) is 13.3. The van der Waals surface area contributed by atoms with Gasteiger partial charge in [0, 0.05) is 0 Å². The van der Waals surface area contributed by atoms with Gasteiger partial charge >= 0.3 is 0 Å². The van der Waals surface area contributed by atoms with Crippen molar-refractivity contribution in [3.05, 3.63) is 36.3 Å². The molecule has 0 heterocycles. The van der Waals surface area contributed by atoms with Gasteiger partial charge in [-0.2, -0.15) is 0 Å². The Morgan fingerprint density at radius 1 is 1.26 bits per heavy atom. The molecule has 0 aromatic heterocycles. The fraction of sp³-hybridized carbons (Fsp3) is 0.556. The lowest BCUT2D eigenvalue weighted by Gasteiger charge is -2.26. The average molecular weight is 260 g/mol. The van der Waals surface area contributed by atoms with Crippen LogP contribution in [0.25, 0.3) is 0 Å². The molecule has 0 N–H and O–H groups in total. The molecule has 0 rings (SSSR count). The van der Waals surface area contributed by atoms with Gasteiger partial charge in [0.05, 0.1) is 6.26 Å². The van der Waals surface area contributed by atoms with E-state index in [1.807, 2.05) is 6.08 Å². The van der Waals surface area contributed by atoms with Crippen molar-refractivity contribution in [2.75, 3.05) is 0 Å². The van der Waals surface area contributed by atoms with Gasteiger partial charge in [-0.15, -0.1) is 6.42 Å². The minimum absolute atomic E-state index is 0.0812. The van der Waals surface area contributed by atoms with Gasteiger partial charge < -0.3 is 4.74 Å². The third-order valence-electron chi connectivity index (χ3n) is 3.24. The molecule has 0 atom stereocenters. The predicted molar refractivity (Wildman–Crippen MR) is 84.4 cm³/mol. The van der Waals surface area contributed by atoms with Crippen molar-refractivity contribution in [2.24, 2.45) is 10.8 Å². The number of terminal acetylenes is 1. The van der Waals surface area contributed by atoms with Gasteiger partial charge in [0.2, 0.25) is 0 Å². The highest BCUT2D eigenvalue weighted by Gasteiger charge is 2.21. The Balaban J connectivity index is 5.42. The van der Waals surface area contributed by atoms with Gasteiger partial charge in [0.25, 0.3) is 0 Å². The average Bonchev–Trinajstić information content (AvgIpc) is 2.31. The van der Waals surface area contributed by atoms with Gasteiger partial charge in [-0.25, -0.2) is 0 Å². The van der Waals surface area contributed by atoms with E-state index in [1.165, 1.54) is 11.8 Å². The van der Waals surface area contributed by atoms with Crippen LogP contribution in [0.2, 0.25) is 0 Å². The van der Waals surface area contributed by atoms with Crippen LogP contribution in [-0.2, 0) is 4.74 Å². The molecule has 0 aromatic rings. The molecule has 0 aliphatic carbocycles. The molecule has 0 unspecified atom stereocenters. The summed E-state index contributed by atoms with van der Waals surface area (Å²) in [7, 11) is 0. The van der Waals surface area contributed by atoms with E-state index in [4.69, 9.17) is 11.2 Å². The van der Waals surface area contributed by atoms with E-state index in [2.05, 4.69) is 60.1 Å². The summed E-state index contributed by atoms with van der Waals surface area (Å²) in [5.74, 6) is 3.06. The Labute approximate surface area is 119 Å². The van der Waals surface area contributed by atoms with Crippen molar-refractivity contribution < 1.29 is 4.74 Å². The van der Waals surface area contributed by atoms with E-state index in [0.29, 0.717) is 5.76 Å². The fourth-order valence-electron chi connectivity index (χ4n) is 1.49. The summed E-state index contributed by atoms with van der Waals surface area (Å²) in [4.78, 5) is 0. The molecular weight excluding hydrogens is 232 g/mol. The molecule has 0 radical (unpaired) electrons. The first-order valence-corrected chi connectivity index (χ1v) is 6.83. The topological polar surface area (TPSA) is 9.23 Å². The monoisotopic (exact) mass is 260 g/mol. The molecular formula is C18H28O. The van der Waals surface area contributed by atoms with E-state index in [0.717, 1.165) is 12.8 Å². The van der Waals surface area contributed by atoms with Gasteiger partial charge in [-0.1, -0.05) is 54.2 Å². The largest absolute Gasteiger partial charge is 0.457 e. The normalized spacial score (nSPS) is 13.9. The SMILES string of the molecule is C#C/C(=C\C(=C/CC(C)(C)C)C(C)(C)CC)OC=C. The first kappa shape index (κ1) is 17.6. The van der Waals surface area contributed by atoms with Crippen LogP contribution < -0.4 is 0 Å². The summed E-state index contributed by atoms with van der Waals surface area (Å²) in [5, 5.41) is 0. The molecule has 0 spiro atoms. The summed E-state index contributed by atoms with van der Waals surface area (Å²) >= 11 is 0. The Morgan fingerprint density at radius 3 is 2.21 bits per heavy atom. The highest BCUT2D eigenvalue weighted by molar-refractivity contribution is 5.34. The zero-order chi connectivity index (χ0) is 15.1. The van der Waals surface area contributed by atoms with Crippen molar-refractivity contribution in [3.8, 4) is 12.3 Å². The molecule has 1 nitrogen and oxygen atoms in total. The molecule has 1 heteroatoms. The predicted octanol–water partition coefficient (Wildman–Crippen LogP) is 5.46. The zero-order valence-electron chi connectivity index (χ0n) is 13.3. The summed E-state index contributed by atoms with van der Waals surface area (Å²) in [5.41, 5.74) is 1.57. The summed E-state index contributed by atoms with van der Waals surface area (Å²) < 4.78 is 5.24. The van der Waals surface area contributed by atoms with Crippen LogP contribution in [0.15, 0.2) is 36.3 Å². The quantitative estimate of drug-likeness (QED) is 0.350. The minimum Gasteiger partial charge on any atom is -0.457 e. The third kappa shape index (κ3) is 6.91. The van der Waals surface area contributed by atoms with Gasteiger partial charge in [0.15, 0.2) is 5.76 Å². The summed E-state index contributed by atoms with van der Waals surface area (Å²) in [6.45, 7) is 16.9. The van der Waals surface area contributed by atoms with Gasteiger partial charge in [0.1, 0.15) is 0 Å². The van der Waals surface area contributed by atoms with Crippen LogP contribution >= 0.6 is 0 Å². The van der Waals surface area contributed by atoms with Crippen molar-refractivity contribution >= 4 is 0 Å². The maximum absolute atomic E-state index is 5.46. The van der Waals surface area contributed by atoms with Crippen LogP contribution in [0.4, 0.5) is 0 Å². The highest BCUT2D eigenvalue weighted by atomic mass is 16.5. The number of ether oxygens (including phenoxy) is 1. The molecule has 0 aromatic carbocycles. The number of rotatable bonds is 6. The van der Waals surface area contributed by atoms with Crippen LogP contribution in [0.5, 0.6) is 0 Å². The summed E-state index contributed by atoms with van der Waals surface area (Å²) in [6, 6.07) is 0. The maximum atomic E-state index is 5.46. The van der Waals surface area contributed by atoms with Crippen molar-refractivity contribution in [3.63, 3.8) is 0 Å². The molecule has 0 aliphatic rings. The van der Waals surface area contributed by atoms with E-state index in [1.54, 1.807) is 0 Å². The Morgan fingerprint density at radius 2 is 1.84 bits per heavy atom. The highest BCUT2D eigenvalue weighted by Crippen LogP contribution is 2.33. The van der Waals surface area contributed by atoms with E-state index >= 15 is 0 Å². The molecule has 106 valence electrons. The number of hydrogen-bond donors (Lipinski definition) is 0. The van der Waals surface area contributed by atoms with Crippen molar-refractivity contribution in [1.29, 1.82) is 0 Å². The molecule has 0 bridgehead atoms. The van der Waals surface area contributed by atoms with E-state index in [9.17, 15) is 0 Å². The maximum Gasteiger partial charge on any atom is 0.176 e. The van der Waals surface area contributed by atoms with E-state index < -0.39 is 0 Å². The fourth-order valence-corrected chi connectivity index (χ4v) is 1.49. The first-order chi connectivity index (χ1) is 8.66. The second-order valence-corrected chi connectivity index (χ2v) is 6.60. The molecule has 19 heavy (non-hydrogen) atoms. The minimum atomic E-state index is 0.0812. The molecule has 0 amide bonds. The lowest BCUT2D eigenvalue weighted by Crippen LogP contribution is -2.14. The Bertz CT molecular complexity index is 394. The molecule has 0 fully saturated rings. The van der Waals surface area contributed by atoms with Crippen molar-refractivity contribution in [1.82, 2.24) is 0 Å². The van der Waals surface area contributed by atoms with Gasteiger partial charge in [-0.05, 0) is 41.2 Å². The van der Waals surface area contributed by atoms with Crippen molar-refractivity contribution in [2.45, 2.75) is 54.4 Å². The Kier molecular flexibility index (Phi) is 6.70. The standard InChI is InChI=1S/C18H28O/c1-9-16(19-11-3)14-15(18(7,8)10-2)12-13-17(4,5)6/h1,11-12,14H,3,10,13H2,2,4-8H3/b15-12+,16-14+. The smallest absolute Gasteiger partial charge is 0.176 e. The molecule has 0 aliphatic heterocycles. The lowest BCUT2D eigenvalue weighted by atomic mass is 9.79. The molecule has 0 saturated carbocycles.